The van der Waals surface area contributed by atoms with Crippen LogP contribution in [0.5, 0.6) is 0 Å². The van der Waals surface area contributed by atoms with Crippen molar-refractivity contribution >= 4 is 11.6 Å². The second-order valence-electron chi connectivity index (χ2n) is 8.23. The number of aryl methyl sites for hydroxylation is 2. The molecule has 1 aliphatic carbocycles. The lowest BCUT2D eigenvalue weighted by molar-refractivity contribution is -0.303. The quantitative estimate of drug-likeness (QED) is 0.496. The van der Waals surface area contributed by atoms with Crippen molar-refractivity contribution in [2.45, 2.75) is 45.0 Å². The lowest BCUT2D eigenvalue weighted by Crippen LogP contribution is -2.16. The minimum Gasteiger partial charge on any atom is -0.406 e. The largest absolute Gasteiger partial charge is 0.573 e. The molecule has 0 bridgehead atoms. The van der Waals surface area contributed by atoms with E-state index in [1.54, 1.807) is 29.8 Å². The van der Waals surface area contributed by atoms with Gasteiger partial charge in [0.05, 0.1) is 0 Å². The molecule has 5 rings (SSSR count). The van der Waals surface area contributed by atoms with Crippen LogP contribution in [0, 0.1) is 12.7 Å². The highest BCUT2D eigenvalue weighted by molar-refractivity contribution is 5.56. The molecule has 1 aliphatic heterocycles. The standard InChI is InChI=1S/C23H21F4N7O/c1-14-28-13-34(31-14)20-9-6-17(12-19(20)24)29-22-30-21-16(3-2-10-33(21)32-22)11-15-4-7-18(8-5-15)35-23(25,26)27/h4,6-9,11-13,16H,2-3,5,10H2,1H3,(H,29,32). The van der Waals surface area contributed by atoms with E-state index in [4.69, 9.17) is 0 Å². The van der Waals surface area contributed by atoms with E-state index in [1.807, 2.05) is 6.08 Å². The summed E-state index contributed by atoms with van der Waals surface area (Å²) in [6, 6.07) is 4.63. The van der Waals surface area contributed by atoms with Gasteiger partial charge in [0.1, 0.15) is 29.4 Å². The van der Waals surface area contributed by atoms with Crippen molar-refractivity contribution < 1.29 is 22.3 Å². The average Bonchev–Trinajstić information content (AvgIpc) is 3.40. The third kappa shape index (κ3) is 5.26. The van der Waals surface area contributed by atoms with Crippen LogP contribution in [0.25, 0.3) is 5.69 Å². The van der Waals surface area contributed by atoms with Crippen LogP contribution in [0.4, 0.5) is 29.2 Å². The SMILES string of the molecule is Cc1ncn(-c2ccc(Nc3nc4n(n3)CCCC4C=C3C=CC(OC(F)(F)F)=CC3)cc2F)n1. The second kappa shape index (κ2) is 9.01. The maximum atomic E-state index is 14.7. The number of ether oxygens (including phenoxy) is 1. The Hall–Kier alpha value is -3.96. The third-order valence-electron chi connectivity index (χ3n) is 5.62. The summed E-state index contributed by atoms with van der Waals surface area (Å²) in [5.41, 5.74) is 1.63. The summed E-state index contributed by atoms with van der Waals surface area (Å²) in [4.78, 5) is 8.61. The van der Waals surface area contributed by atoms with Crippen molar-refractivity contribution in [1.29, 1.82) is 0 Å². The minimum atomic E-state index is -4.71. The molecule has 0 saturated carbocycles. The molecule has 1 atom stereocenters. The smallest absolute Gasteiger partial charge is 0.406 e. The van der Waals surface area contributed by atoms with Gasteiger partial charge < -0.3 is 10.1 Å². The van der Waals surface area contributed by atoms with Gasteiger partial charge in [0, 0.05) is 18.2 Å². The molecule has 8 nitrogen and oxygen atoms in total. The maximum Gasteiger partial charge on any atom is 0.573 e. The molecule has 0 fully saturated rings. The Bertz CT molecular complexity index is 1340. The number of alkyl halides is 3. The van der Waals surface area contributed by atoms with Gasteiger partial charge >= 0.3 is 6.36 Å². The Morgan fingerprint density at radius 3 is 2.74 bits per heavy atom. The minimum absolute atomic E-state index is 0.0420. The Morgan fingerprint density at radius 1 is 1.20 bits per heavy atom. The van der Waals surface area contributed by atoms with E-state index < -0.39 is 12.2 Å². The van der Waals surface area contributed by atoms with Crippen molar-refractivity contribution in [3.05, 3.63) is 77.6 Å². The number of fused-ring (bicyclic) bond motifs is 1. The summed E-state index contributed by atoms with van der Waals surface area (Å²) in [7, 11) is 0. The van der Waals surface area contributed by atoms with Gasteiger partial charge in [-0.1, -0.05) is 12.2 Å². The van der Waals surface area contributed by atoms with Crippen LogP contribution in [-0.4, -0.2) is 35.9 Å². The first-order valence-corrected chi connectivity index (χ1v) is 11.0. The summed E-state index contributed by atoms with van der Waals surface area (Å²) >= 11 is 0. The Balaban J connectivity index is 1.30. The van der Waals surface area contributed by atoms with Crippen LogP contribution in [0.15, 0.2) is 60.2 Å². The van der Waals surface area contributed by atoms with Gasteiger partial charge in [-0.05, 0) is 62.1 Å². The summed E-state index contributed by atoms with van der Waals surface area (Å²) in [6.45, 7) is 2.42. The van der Waals surface area contributed by atoms with Gasteiger partial charge in [0.15, 0.2) is 5.82 Å². The maximum absolute atomic E-state index is 14.7. The first-order valence-electron chi connectivity index (χ1n) is 11.0. The van der Waals surface area contributed by atoms with Crippen molar-refractivity contribution in [3.63, 3.8) is 0 Å². The molecule has 35 heavy (non-hydrogen) atoms. The zero-order valence-corrected chi connectivity index (χ0v) is 18.6. The number of allylic oxidation sites excluding steroid dienone is 5. The summed E-state index contributed by atoms with van der Waals surface area (Å²) in [5, 5.41) is 11.7. The van der Waals surface area contributed by atoms with Crippen molar-refractivity contribution in [2.24, 2.45) is 0 Å². The Labute approximate surface area is 197 Å². The van der Waals surface area contributed by atoms with Gasteiger partial charge in [-0.3, -0.25) is 0 Å². The Morgan fingerprint density at radius 2 is 2.06 bits per heavy atom. The first kappa shape index (κ1) is 22.8. The monoisotopic (exact) mass is 487 g/mol. The highest BCUT2D eigenvalue weighted by Crippen LogP contribution is 2.32. The molecule has 182 valence electrons. The number of rotatable bonds is 5. The number of halogens is 4. The lowest BCUT2D eigenvalue weighted by Gasteiger charge is -2.20. The molecule has 3 heterocycles. The number of aromatic nitrogens is 6. The van der Waals surface area contributed by atoms with Crippen LogP contribution in [0.3, 0.4) is 0 Å². The van der Waals surface area contributed by atoms with Crippen LogP contribution in [0.2, 0.25) is 0 Å². The zero-order chi connectivity index (χ0) is 24.6. The molecule has 0 saturated heterocycles. The molecule has 1 N–H and O–H groups in total. The first-order chi connectivity index (χ1) is 16.7. The van der Waals surface area contributed by atoms with Crippen LogP contribution < -0.4 is 5.32 Å². The van der Waals surface area contributed by atoms with Crippen molar-refractivity contribution in [3.8, 4) is 5.69 Å². The summed E-state index contributed by atoms with van der Waals surface area (Å²) in [6.07, 6.45) is 5.11. The second-order valence-corrected chi connectivity index (χ2v) is 8.23. The molecule has 3 aromatic rings. The number of nitrogens with zero attached hydrogens (tertiary/aromatic N) is 6. The third-order valence-corrected chi connectivity index (χ3v) is 5.62. The van der Waals surface area contributed by atoms with E-state index in [0.29, 0.717) is 30.4 Å². The molecule has 1 unspecified atom stereocenters. The predicted molar refractivity (Wildman–Crippen MR) is 118 cm³/mol. The fraction of sp³-hybridized carbons (Fsp3) is 0.304. The summed E-state index contributed by atoms with van der Waals surface area (Å²) in [5.74, 6) is 0.895. The number of benzene rings is 1. The van der Waals surface area contributed by atoms with E-state index in [-0.39, 0.29) is 17.4 Å². The lowest BCUT2D eigenvalue weighted by atomic mass is 9.94. The molecule has 12 heteroatoms. The molecule has 2 aliphatic rings. The van der Waals surface area contributed by atoms with Gasteiger partial charge in [0.25, 0.3) is 0 Å². The van der Waals surface area contributed by atoms with Crippen molar-refractivity contribution in [1.82, 2.24) is 29.5 Å². The zero-order valence-electron chi connectivity index (χ0n) is 18.6. The Kier molecular flexibility index (Phi) is 5.87. The molecule has 0 amide bonds. The van der Waals surface area contributed by atoms with Gasteiger partial charge in [-0.25, -0.2) is 18.7 Å². The van der Waals surface area contributed by atoms with Gasteiger partial charge in [-0.2, -0.15) is 10.1 Å². The fourth-order valence-electron chi connectivity index (χ4n) is 4.09. The topological polar surface area (TPSA) is 82.7 Å². The van der Waals surface area contributed by atoms with Gasteiger partial charge in [0.2, 0.25) is 5.95 Å². The fourth-order valence-corrected chi connectivity index (χ4v) is 4.09. The molecule has 2 aromatic heterocycles. The van der Waals surface area contributed by atoms with Crippen LogP contribution in [0.1, 0.15) is 36.8 Å². The molecule has 1 aromatic carbocycles. The summed E-state index contributed by atoms with van der Waals surface area (Å²) < 4.78 is 59.0. The van der Waals surface area contributed by atoms with Crippen molar-refractivity contribution in [2.75, 3.05) is 5.32 Å². The van der Waals surface area contributed by atoms with Crippen LogP contribution in [-0.2, 0) is 11.3 Å². The highest BCUT2D eigenvalue weighted by Gasteiger charge is 2.32. The number of hydrogen-bond acceptors (Lipinski definition) is 6. The molecular weight excluding hydrogens is 466 g/mol. The van der Waals surface area contributed by atoms with E-state index in [0.717, 1.165) is 24.2 Å². The number of hydrogen-bond donors (Lipinski definition) is 1. The predicted octanol–water partition coefficient (Wildman–Crippen LogP) is 5.23. The van der Waals surface area contributed by atoms with E-state index in [9.17, 15) is 17.6 Å². The molecular formula is C23H21F4N7O. The number of nitrogens with one attached hydrogen (secondary N) is 1. The highest BCUT2D eigenvalue weighted by atomic mass is 19.4. The van der Waals surface area contributed by atoms with Crippen LogP contribution >= 0.6 is 0 Å². The molecule has 0 spiro atoms. The van der Waals surface area contributed by atoms with E-state index in [1.165, 1.54) is 29.2 Å². The average molecular weight is 487 g/mol. The normalized spacial score (nSPS) is 18.9. The van der Waals surface area contributed by atoms with E-state index in [2.05, 4.69) is 30.2 Å². The molecule has 0 radical (unpaired) electrons. The number of anilines is 2. The van der Waals surface area contributed by atoms with Gasteiger partial charge in [-0.15, -0.1) is 18.3 Å². The van der Waals surface area contributed by atoms with E-state index >= 15 is 0 Å².